The van der Waals surface area contributed by atoms with Gasteiger partial charge in [0.1, 0.15) is 6.04 Å². The van der Waals surface area contributed by atoms with Gasteiger partial charge in [-0.3, -0.25) is 9.59 Å². The van der Waals surface area contributed by atoms with Crippen LogP contribution in [0.4, 0.5) is 4.39 Å². The molecule has 1 aliphatic heterocycles. The molecule has 7 nitrogen and oxygen atoms in total. The number of aryl methyl sites for hydroxylation is 1. The van der Waals surface area contributed by atoms with Gasteiger partial charge in [0.05, 0.1) is 0 Å². The first-order valence-electron chi connectivity index (χ1n) is 8.33. The van der Waals surface area contributed by atoms with Crippen LogP contribution in [0.25, 0.3) is 11.0 Å². The van der Waals surface area contributed by atoms with E-state index in [4.69, 9.17) is 14.9 Å². The minimum Gasteiger partial charge on any atom is -0.450 e. The molecule has 1 aliphatic rings. The molecule has 1 saturated heterocycles. The maximum Gasteiger partial charge on any atom is 0.375 e. The van der Waals surface area contributed by atoms with Crippen LogP contribution < -0.4 is 5.73 Å². The Kier molecular flexibility index (Phi) is 4.92. The first-order chi connectivity index (χ1) is 12.4. The standard InChI is InChI=1S/C18H19FN2O5/c1-10-11-5-4-6-12(19)16(11)26-15(10)18(24)25-9-14(22)21-8-3-2-7-13(21)17(20)23/h4-6,13H,2-3,7-9H2,1H3,(H2,20,23)/t13-/m1/s1. The molecule has 0 spiro atoms. The quantitative estimate of drug-likeness (QED) is 0.837. The molecule has 138 valence electrons. The maximum absolute atomic E-state index is 13.8. The lowest BCUT2D eigenvalue weighted by atomic mass is 10.0. The normalized spacial score (nSPS) is 17.3. The molecule has 2 N–H and O–H groups in total. The summed E-state index contributed by atoms with van der Waals surface area (Å²) in [6.07, 6.45) is 2.06. The molecule has 2 heterocycles. The van der Waals surface area contributed by atoms with Gasteiger partial charge in [0, 0.05) is 17.5 Å². The Balaban J connectivity index is 1.71. The molecule has 1 aromatic carbocycles. The van der Waals surface area contributed by atoms with E-state index in [0.717, 1.165) is 12.8 Å². The summed E-state index contributed by atoms with van der Waals surface area (Å²) in [6.45, 7) is 1.46. The number of amides is 2. The second-order valence-corrected chi connectivity index (χ2v) is 6.25. The number of rotatable bonds is 4. The topological polar surface area (TPSA) is 103 Å². The Labute approximate surface area is 148 Å². The van der Waals surface area contributed by atoms with Crippen LogP contribution in [0.2, 0.25) is 0 Å². The third-order valence-electron chi connectivity index (χ3n) is 4.58. The molecule has 1 aromatic heterocycles. The fourth-order valence-electron chi connectivity index (χ4n) is 3.21. The highest BCUT2D eigenvalue weighted by molar-refractivity contribution is 5.97. The van der Waals surface area contributed by atoms with Crippen LogP contribution in [0.3, 0.4) is 0 Å². The number of nitrogens with two attached hydrogens (primary N) is 1. The number of ether oxygens (including phenoxy) is 1. The first-order valence-corrected chi connectivity index (χ1v) is 8.33. The lowest BCUT2D eigenvalue weighted by Crippen LogP contribution is -2.51. The molecule has 3 rings (SSSR count). The van der Waals surface area contributed by atoms with Crippen molar-refractivity contribution in [1.82, 2.24) is 4.90 Å². The van der Waals surface area contributed by atoms with Gasteiger partial charge in [-0.1, -0.05) is 12.1 Å². The number of carbonyl (C=O) groups is 3. The number of esters is 1. The number of carbonyl (C=O) groups excluding carboxylic acids is 3. The molecular formula is C18H19FN2O5. The number of likely N-dealkylation sites (tertiary alicyclic amines) is 1. The molecule has 0 bridgehead atoms. The van der Waals surface area contributed by atoms with E-state index in [-0.39, 0.29) is 11.3 Å². The van der Waals surface area contributed by atoms with E-state index in [1.54, 1.807) is 13.0 Å². The summed E-state index contributed by atoms with van der Waals surface area (Å²) in [6, 6.07) is 3.69. The second-order valence-electron chi connectivity index (χ2n) is 6.25. The van der Waals surface area contributed by atoms with Crippen molar-refractivity contribution in [2.75, 3.05) is 13.2 Å². The van der Waals surface area contributed by atoms with Gasteiger partial charge in [0.2, 0.25) is 11.7 Å². The highest BCUT2D eigenvalue weighted by atomic mass is 19.1. The van der Waals surface area contributed by atoms with Crippen molar-refractivity contribution in [1.29, 1.82) is 0 Å². The monoisotopic (exact) mass is 362 g/mol. The summed E-state index contributed by atoms with van der Waals surface area (Å²) in [5.74, 6) is -2.67. The van der Waals surface area contributed by atoms with E-state index in [1.165, 1.54) is 17.0 Å². The fraction of sp³-hybridized carbons (Fsp3) is 0.389. The highest BCUT2D eigenvalue weighted by Crippen LogP contribution is 2.27. The average molecular weight is 362 g/mol. The smallest absolute Gasteiger partial charge is 0.375 e. The maximum atomic E-state index is 13.8. The fourth-order valence-corrected chi connectivity index (χ4v) is 3.21. The molecule has 1 fully saturated rings. The van der Waals surface area contributed by atoms with Crippen molar-refractivity contribution in [2.45, 2.75) is 32.2 Å². The minimum absolute atomic E-state index is 0.0342. The van der Waals surface area contributed by atoms with Crippen LogP contribution in [-0.4, -0.2) is 41.9 Å². The van der Waals surface area contributed by atoms with Crippen molar-refractivity contribution < 1.29 is 27.9 Å². The third kappa shape index (κ3) is 3.26. The van der Waals surface area contributed by atoms with Gasteiger partial charge in [-0.15, -0.1) is 0 Å². The zero-order valence-electron chi connectivity index (χ0n) is 14.3. The first kappa shape index (κ1) is 17.9. The highest BCUT2D eigenvalue weighted by Gasteiger charge is 2.31. The van der Waals surface area contributed by atoms with Crippen molar-refractivity contribution in [3.8, 4) is 0 Å². The van der Waals surface area contributed by atoms with E-state index in [9.17, 15) is 18.8 Å². The third-order valence-corrected chi connectivity index (χ3v) is 4.58. The molecular weight excluding hydrogens is 343 g/mol. The van der Waals surface area contributed by atoms with Crippen LogP contribution in [0.5, 0.6) is 0 Å². The molecule has 0 radical (unpaired) electrons. The van der Waals surface area contributed by atoms with Crippen molar-refractivity contribution in [2.24, 2.45) is 5.73 Å². The number of benzene rings is 1. The van der Waals surface area contributed by atoms with Crippen LogP contribution >= 0.6 is 0 Å². The Morgan fingerprint density at radius 3 is 2.81 bits per heavy atom. The molecule has 0 saturated carbocycles. The van der Waals surface area contributed by atoms with Crippen LogP contribution in [0, 0.1) is 12.7 Å². The molecule has 26 heavy (non-hydrogen) atoms. The summed E-state index contributed by atoms with van der Waals surface area (Å²) in [7, 11) is 0. The van der Waals surface area contributed by atoms with Gasteiger partial charge in [-0.2, -0.15) is 0 Å². The number of fused-ring (bicyclic) bond motifs is 1. The lowest BCUT2D eigenvalue weighted by Gasteiger charge is -2.33. The number of piperidine rings is 1. The second kappa shape index (κ2) is 7.15. The van der Waals surface area contributed by atoms with Gasteiger partial charge >= 0.3 is 5.97 Å². The number of primary amides is 1. The molecule has 2 aromatic rings. The van der Waals surface area contributed by atoms with E-state index in [2.05, 4.69) is 0 Å². The van der Waals surface area contributed by atoms with Crippen molar-refractivity contribution >= 4 is 28.8 Å². The number of hydrogen-bond donors (Lipinski definition) is 1. The number of halogens is 1. The average Bonchev–Trinajstić information content (AvgIpc) is 2.98. The number of nitrogens with zero attached hydrogens (tertiary/aromatic N) is 1. The van der Waals surface area contributed by atoms with Crippen LogP contribution in [0.15, 0.2) is 22.6 Å². The minimum atomic E-state index is -0.862. The predicted octanol–water partition coefficient (Wildman–Crippen LogP) is 1.90. The Morgan fingerprint density at radius 1 is 1.35 bits per heavy atom. The summed E-state index contributed by atoms with van der Waals surface area (Å²) in [4.78, 5) is 37.4. The molecule has 0 unspecified atom stereocenters. The van der Waals surface area contributed by atoms with Crippen LogP contribution in [-0.2, 0) is 14.3 Å². The summed E-state index contributed by atoms with van der Waals surface area (Å²) < 4.78 is 24.1. The SMILES string of the molecule is Cc1c(C(=O)OCC(=O)N2CCCC[C@@H]2C(N)=O)oc2c(F)cccc12. The van der Waals surface area contributed by atoms with Crippen molar-refractivity contribution in [3.05, 3.63) is 35.3 Å². The van der Waals surface area contributed by atoms with Gasteiger partial charge in [-0.05, 0) is 32.3 Å². The molecule has 1 atom stereocenters. The van der Waals surface area contributed by atoms with E-state index in [1.807, 2.05) is 0 Å². The van der Waals surface area contributed by atoms with Gasteiger partial charge in [0.15, 0.2) is 18.0 Å². The Morgan fingerprint density at radius 2 is 2.12 bits per heavy atom. The number of para-hydroxylation sites is 1. The van der Waals surface area contributed by atoms with Gasteiger partial charge in [0.25, 0.3) is 5.91 Å². The Hall–Kier alpha value is -2.90. The summed E-state index contributed by atoms with van der Waals surface area (Å²) in [5.41, 5.74) is 5.73. The van der Waals surface area contributed by atoms with E-state index in [0.29, 0.717) is 23.9 Å². The van der Waals surface area contributed by atoms with Gasteiger partial charge < -0.3 is 19.8 Å². The Bertz CT molecular complexity index is 876. The zero-order chi connectivity index (χ0) is 18.8. The molecule has 8 heteroatoms. The van der Waals surface area contributed by atoms with E-state index >= 15 is 0 Å². The summed E-state index contributed by atoms with van der Waals surface area (Å²) >= 11 is 0. The van der Waals surface area contributed by atoms with Crippen molar-refractivity contribution in [3.63, 3.8) is 0 Å². The predicted molar refractivity (Wildman–Crippen MR) is 89.7 cm³/mol. The lowest BCUT2D eigenvalue weighted by molar-refractivity contribution is -0.143. The van der Waals surface area contributed by atoms with Gasteiger partial charge in [-0.25, -0.2) is 9.18 Å². The van der Waals surface area contributed by atoms with E-state index < -0.39 is 36.2 Å². The van der Waals surface area contributed by atoms with Crippen LogP contribution in [0.1, 0.15) is 35.4 Å². The molecule has 0 aliphatic carbocycles. The number of furan rings is 1. The largest absolute Gasteiger partial charge is 0.450 e. The zero-order valence-corrected chi connectivity index (χ0v) is 14.3. The number of hydrogen-bond acceptors (Lipinski definition) is 5. The molecule has 2 amide bonds. The summed E-state index contributed by atoms with van der Waals surface area (Å²) in [5, 5.41) is 0.466.